The van der Waals surface area contributed by atoms with Gasteiger partial charge in [0, 0.05) is 24.3 Å². The van der Waals surface area contributed by atoms with Gasteiger partial charge in [0.05, 0.1) is 13.2 Å². The second-order valence-corrected chi connectivity index (χ2v) is 6.84. The number of ketones is 1. The second kappa shape index (κ2) is 9.06. The van der Waals surface area contributed by atoms with E-state index in [4.69, 9.17) is 14.2 Å². The van der Waals surface area contributed by atoms with Gasteiger partial charge in [0.1, 0.15) is 18.1 Å². The molecule has 28 heavy (non-hydrogen) atoms. The summed E-state index contributed by atoms with van der Waals surface area (Å²) in [4.78, 5) is 28.3. The van der Waals surface area contributed by atoms with Gasteiger partial charge >= 0.3 is 5.97 Å². The fourth-order valence-corrected chi connectivity index (χ4v) is 3.69. The van der Waals surface area contributed by atoms with Gasteiger partial charge in [-0.15, -0.1) is 0 Å². The molecule has 6 heteroatoms. The van der Waals surface area contributed by atoms with E-state index in [2.05, 4.69) is 4.98 Å². The van der Waals surface area contributed by atoms with Crippen molar-refractivity contribution in [3.05, 3.63) is 52.3 Å². The highest BCUT2D eigenvalue weighted by Gasteiger charge is 2.32. The number of esters is 1. The van der Waals surface area contributed by atoms with Crippen LogP contribution in [0.15, 0.2) is 24.3 Å². The first-order valence-corrected chi connectivity index (χ1v) is 9.77. The molecule has 1 heterocycles. The van der Waals surface area contributed by atoms with Crippen molar-refractivity contribution in [2.45, 2.75) is 39.5 Å². The van der Waals surface area contributed by atoms with Crippen molar-refractivity contribution in [3.8, 4) is 5.75 Å². The van der Waals surface area contributed by atoms with E-state index in [0.717, 1.165) is 17.0 Å². The van der Waals surface area contributed by atoms with Gasteiger partial charge < -0.3 is 19.2 Å². The number of aromatic nitrogens is 1. The molecule has 1 atom stereocenters. The Labute approximate surface area is 165 Å². The van der Waals surface area contributed by atoms with E-state index in [1.165, 1.54) is 0 Å². The van der Waals surface area contributed by atoms with Crippen LogP contribution in [0.4, 0.5) is 0 Å². The lowest BCUT2D eigenvalue weighted by Gasteiger charge is -2.22. The minimum absolute atomic E-state index is 0.0576. The van der Waals surface area contributed by atoms with Crippen molar-refractivity contribution >= 4 is 11.8 Å². The lowest BCUT2D eigenvalue weighted by molar-refractivity contribution is 0.0329. The molecule has 1 N–H and O–H groups in total. The predicted octanol–water partition coefficient (Wildman–Crippen LogP) is 3.83. The Morgan fingerprint density at radius 3 is 2.54 bits per heavy atom. The molecule has 6 nitrogen and oxygen atoms in total. The molecule has 3 rings (SSSR count). The van der Waals surface area contributed by atoms with E-state index >= 15 is 0 Å². The zero-order valence-electron chi connectivity index (χ0n) is 16.7. The summed E-state index contributed by atoms with van der Waals surface area (Å²) in [6.45, 7) is 7.38. The molecular formula is C22H27NO5. The van der Waals surface area contributed by atoms with E-state index in [1.54, 1.807) is 6.92 Å². The fraction of sp³-hybridized carbons (Fsp3) is 0.455. The number of hydrogen-bond donors (Lipinski definition) is 1. The number of carbonyl (C=O) groups is 2. The van der Waals surface area contributed by atoms with Crippen LogP contribution in [-0.2, 0) is 15.9 Å². The number of fused-ring (bicyclic) bond motifs is 1. The monoisotopic (exact) mass is 385 g/mol. The average Bonchev–Trinajstić information content (AvgIpc) is 3.03. The lowest BCUT2D eigenvalue weighted by atomic mass is 9.81. The summed E-state index contributed by atoms with van der Waals surface area (Å²) < 4.78 is 15.9. The first kappa shape index (κ1) is 20.1. The zero-order chi connectivity index (χ0) is 20.1. The summed E-state index contributed by atoms with van der Waals surface area (Å²) in [5.74, 6) is 0.511. The molecular weight excluding hydrogens is 358 g/mol. The molecule has 0 aliphatic heterocycles. The fourth-order valence-electron chi connectivity index (χ4n) is 3.69. The smallest absolute Gasteiger partial charge is 0.355 e. The largest absolute Gasteiger partial charge is 0.494 e. The molecule has 0 radical (unpaired) electrons. The molecule has 1 aromatic heterocycles. The van der Waals surface area contributed by atoms with Crippen LogP contribution in [0.25, 0.3) is 0 Å². The number of benzene rings is 1. The molecule has 0 spiro atoms. The molecule has 0 amide bonds. The van der Waals surface area contributed by atoms with Crippen LogP contribution in [0.2, 0.25) is 0 Å². The van der Waals surface area contributed by atoms with Crippen molar-refractivity contribution in [2.75, 3.05) is 26.4 Å². The first-order chi connectivity index (χ1) is 13.5. The molecule has 0 saturated carbocycles. The SMILES string of the molecule is CCOCCOC(=O)c1[nH]c2c(c1C)C(=O)C[C@H](c1ccc(OCC)cc1)C2. The van der Waals surface area contributed by atoms with Crippen LogP contribution in [0.5, 0.6) is 5.75 Å². The molecule has 0 fully saturated rings. The van der Waals surface area contributed by atoms with Crippen LogP contribution >= 0.6 is 0 Å². The summed E-state index contributed by atoms with van der Waals surface area (Å²) >= 11 is 0. The van der Waals surface area contributed by atoms with E-state index in [9.17, 15) is 9.59 Å². The quantitative estimate of drug-likeness (QED) is 0.552. The number of aromatic amines is 1. The summed E-state index contributed by atoms with van der Waals surface area (Å²) in [5.41, 5.74) is 3.58. The summed E-state index contributed by atoms with van der Waals surface area (Å²) in [5, 5.41) is 0. The third-order valence-corrected chi connectivity index (χ3v) is 5.02. The maximum Gasteiger partial charge on any atom is 0.355 e. The number of Topliss-reactive ketones (excluding diaryl/α,β-unsaturated/α-hetero) is 1. The van der Waals surface area contributed by atoms with Crippen molar-refractivity contribution in [3.63, 3.8) is 0 Å². The Bertz CT molecular complexity index is 837. The minimum atomic E-state index is -0.447. The molecule has 0 bridgehead atoms. The standard InChI is InChI=1S/C22H27NO5/c1-4-26-10-11-28-22(25)21-14(3)20-18(23-21)12-16(13-19(20)24)15-6-8-17(9-7-15)27-5-2/h6-9,16,23H,4-5,10-13H2,1-3H3/t16-/m1/s1. The van der Waals surface area contributed by atoms with Crippen LogP contribution in [0.3, 0.4) is 0 Å². The summed E-state index contributed by atoms with van der Waals surface area (Å²) in [7, 11) is 0. The third kappa shape index (κ3) is 4.28. The van der Waals surface area contributed by atoms with E-state index in [0.29, 0.717) is 49.5 Å². The number of hydrogen-bond acceptors (Lipinski definition) is 5. The molecule has 2 aromatic rings. The van der Waals surface area contributed by atoms with E-state index < -0.39 is 5.97 Å². The zero-order valence-corrected chi connectivity index (χ0v) is 16.7. The third-order valence-electron chi connectivity index (χ3n) is 5.02. The van der Waals surface area contributed by atoms with Crippen LogP contribution in [0, 0.1) is 6.92 Å². The second-order valence-electron chi connectivity index (χ2n) is 6.84. The van der Waals surface area contributed by atoms with Gasteiger partial charge in [0.2, 0.25) is 0 Å². The van der Waals surface area contributed by atoms with Gasteiger partial charge in [0.15, 0.2) is 5.78 Å². The molecule has 150 valence electrons. The first-order valence-electron chi connectivity index (χ1n) is 9.77. The van der Waals surface area contributed by atoms with Crippen molar-refractivity contribution in [1.29, 1.82) is 0 Å². The maximum absolute atomic E-state index is 12.8. The molecule has 0 unspecified atom stereocenters. The van der Waals surface area contributed by atoms with Crippen LogP contribution in [0.1, 0.15) is 63.9 Å². The molecule has 1 aliphatic carbocycles. The highest BCUT2D eigenvalue weighted by Crippen LogP contribution is 2.35. The number of rotatable bonds is 8. The molecule has 0 saturated heterocycles. The number of H-pyrrole nitrogens is 1. The van der Waals surface area contributed by atoms with E-state index in [-0.39, 0.29) is 18.3 Å². The summed E-state index contributed by atoms with van der Waals surface area (Å²) in [6, 6.07) is 7.87. The van der Waals surface area contributed by atoms with Gasteiger partial charge in [-0.1, -0.05) is 12.1 Å². The average molecular weight is 385 g/mol. The molecule has 1 aliphatic rings. The summed E-state index contributed by atoms with van der Waals surface area (Å²) in [6.07, 6.45) is 1.11. The Morgan fingerprint density at radius 2 is 1.86 bits per heavy atom. The Kier molecular flexibility index (Phi) is 6.52. The minimum Gasteiger partial charge on any atom is -0.494 e. The van der Waals surface area contributed by atoms with Gasteiger partial charge in [0.25, 0.3) is 0 Å². The van der Waals surface area contributed by atoms with Crippen molar-refractivity contribution in [1.82, 2.24) is 4.98 Å². The van der Waals surface area contributed by atoms with Crippen LogP contribution in [-0.4, -0.2) is 43.2 Å². The van der Waals surface area contributed by atoms with Gasteiger partial charge in [-0.25, -0.2) is 4.79 Å². The van der Waals surface area contributed by atoms with Crippen molar-refractivity contribution in [2.24, 2.45) is 0 Å². The Hall–Kier alpha value is -2.60. The van der Waals surface area contributed by atoms with Gasteiger partial charge in [-0.05, 0) is 56.4 Å². The maximum atomic E-state index is 12.8. The number of carbonyl (C=O) groups excluding carboxylic acids is 2. The molecule has 1 aromatic carbocycles. The number of ether oxygens (including phenoxy) is 3. The normalized spacial score (nSPS) is 16.0. The van der Waals surface area contributed by atoms with Gasteiger partial charge in [-0.3, -0.25) is 4.79 Å². The Morgan fingerprint density at radius 1 is 1.11 bits per heavy atom. The lowest BCUT2D eigenvalue weighted by Crippen LogP contribution is -2.18. The number of nitrogens with one attached hydrogen (secondary N) is 1. The predicted molar refractivity (Wildman–Crippen MR) is 105 cm³/mol. The highest BCUT2D eigenvalue weighted by molar-refractivity contribution is 6.03. The van der Waals surface area contributed by atoms with E-state index in [1.807, 2.05) is 38.1 Å². The van der Waals surface area contributed by atoms with Crippen molar-refractivity contribution < 1.29 is 23.8 Å². The van der Waals surface area contributed by atoms with Crippen LogP contribution < -0.4 is 4.74 Å². The highest BCUT2D eigenvalue weighted by atomic mass is 16.6. The topological polar surface area (TPSA) is 77.6 Å². The van der Waals surface area contributed by atoms with Gasteiger partial charge in [-0.2, -0.15) is 0 Å². The Balaban J connectivity index is 1.75.